The molecule has 0 fully saturated rings. The third-order valence-corrected chi connectivity index (χ3v) is 3.02. The quantitative estimate of drug-likeness (QED) is 0.323. The van der Waals surface area contributed by atoms with Crippen molar-refractivity contribution in [2.45, 2.75) is 19.9 Å². The van der Waals surface area contributed by atoms with Crippen LogP contribution in [-0.2, 0) is 14.9 Å². The highest BCUT2D eigenvalue weighted by molar-refractivity contribution is 7.85. The monoisotopic (exact) mass is 278 g/mol. The van der Waals surface area contributed by atoms with Crippen molar-refractivity contribution in [1.29, 1.82) is 0 Å². The van der Waals surface area contributed by atoms with Gasteiger partial charge < -0.3 is 15.4 Å². The molecule has 0 bridgehead atoms. The molecule has 1 unspecified atom stereocenters. The second-order valence-electron chi connectivity index (χ2n) is 3.92. The Kier molecular flexibility index (Phi) is 7.65. The van der Waals surface area contributed by atoms with Crippen LogP contribution in [0.3, 0.4) is 0 Å². The second-order valence-corrected chi connectivity index (χ2v) is 5.49. The van der Waals surface area contributed by atoms with Crippen molar-refractivity contribution >= 4 is 10.1 Å². The fourth-order valence-electron chi connectivity index (χ4n) is 1.29. The lowest BCUT2D eigenvalue weighted by Crippen LogP contribution is -2.38. The van der Waals surface area contributed by atoms with Crippen molar-refractivity contribution in [3.05, 3.63) is 24.1 Å². The van der Waals surface area contributed by atoms with Gasteiger partial charge >= 0.3 is 0 Å². The fraction of sp³-hybridized carbons (Fsp3) is 0.636. The van der Waals surface area contributed by atoms with Crippen molar-refractivity contribution in [1.82, 2.24) is 10.6 Å². The minimum atomic E-state index is -3.90. The van der Waals surface area contributed by atoms with Crippen LogP contribution in [0.15, 0.2) is 24.1 Å². The molecule has 0 saturated heterocycles. The first-order chi connectivity index (χ1) is 8.30. The molecule has 106 valence electrons. The summed E-state index contributed by atoms with van der Waals surface area (Å²) >= 11 is 0. The fourth-order valence-corrected chi connectivity index (χ4v) is 1.67. The van der Waals surface area contributed by atoms with Crippen LogP contribution in [0.25, 0.3) is 0 Å². The number of hydrogen-bond acceptors (Lipinski definition) is 5. The summed E-state index contributed by atoms with van der Waals surface area (Å²) in [5.41, 5.74) is 0.857. The molecule has 0 aromatic heterocycles. The predicted octanol–water partition coefficient (Wildman–Crippen LogP) is 0.506. The maximum Gasteiger partial charge on any atom is 0.266 e. The number of nitrogens with one attached hydrogen (secondary N) is 2. The van der Waals surface area contributed by atoms with Crippen LogP contribution < -0.4 is 10.6 Å². The highest BCUT2D eigenvalue weighted by atomic mass is 32.2. The predicted molar refractivity (Wildman–Crippen MR) is 71.8 cm³/mol. The Hall–Kier alpha value is -1.05. The first-order valence-electron chi connectivity index (χ1n) is 5.60. The molecule has 0 aromatic carbocycles. The van der Waals surface area contributed by atoms with E-state index in [0.717, 1.165) is 5.70 Å². The molecule has 0 aromatic rings. The molecule has 0 saturated carbocycles. The summed E-state index contributed by atoms with van der Waals surface area (Å²) in [4.78, 5) is 0. The molecule has 0 aliphatic heterocycles. The molecule has 7 heteroatoms. The van der Waals surface area contributed by atoms with Crippen molar-refractivity contribution in [3.63, 3.8) is 0 Å². The Labute approximate surface area is 109 Å². The van der Waals surface area contributed by atoms with Gasteiger partial charge in [-0.1, -0.05) is 6.58 Å². The number of allylic oxidation sites excluding steroid dienone is 2. The van der Waals surface area contributed by atoms with E-state index in [-0.39, 0.29) is 18.3 Å². The van der Waals surface area contributed by atoms with Gasteiger partial charge in [0.05, 0.1) is 18.6 Å². The third-order valence-electron chi connectivity index (χ3n) is 2.30. The van der Waals surface area contributed by atoms with E-state index in [4.69, 9.17) is 9.29 Å². The third kappa shape index (κ3) is 8.10. The summed E-state index contributed by atoms with van der Waals surface area (Å²) in [6.07, 6.45) is 1.61. The van der Waals surface area contributed by atoms with Crippen LogP contribution in [0.2, 0.25) is 0 Å². The standard InChI is InChI=1S/C11H22N2O4S/c1-5-11(17-4)10(3)13-8-9(2)12-6-7-18(14,15)16/h5,9,12-13H,1,6-8H2,2-4H3,(H,14,15,16)/b11-10-. The van der Waals surface area contributed by atoms with Crippen molar-refractivity contribution < 1.29 is 17.7 Å². The van der Waals surface area contributed by atoms with Crippen molar-refractivity contribution in [2.24, 2.45) is 0 Å². The van der Waals surface area contributed by atoms with Gasteiger partial charge in [0.1, 0.15) is 5.76 Å². The molecule has 0 radical (unpaired) electrons. The number of rotatable bonds is 9. The maximum absolute atomic E-state index is 10.5. The molecule has 0 heterocycles. The van der Waals surface area contributed by atoms with Crippen LogP contribution in [0.5, 0.6) is 0 Å². The molecular formula is C11H22N2O4S. The molecule has 3 N–H and O–H groups in total. The van der Waals surface area contributed by atoms with E-state index in [9.17, 15) is 8.42 Å². The van der Waals surface area contributed by atoms with Gasteiger partial charge in [0.15, 0.2) is 0 Å². The molecule has 0 aliphatic rings. The van der Waals surface area contributed by atoms with E-state index < -0.39 is 10.1 Å². The lowest BCUT2D eigenvalue weighted by atomic mass is 10.3. The van der Waals surface area contributed by atoms with Crippen LogP contribution >= 0.6 is 0 Å². The van der Waals surface area contributed by atoms with Crippen molar-refractivity contribution in [3.8, 4) is 0 Å². The number of methoxy groups -OCH3 is 1. The molecule has 0 spiro atoms. The summed E-state index contributed by atoms with van der Waals surface area (Å²) in [6, 6.07) is 0.0598. The topological polar surface area (TPSA) is 87.7 Å². The largest absolute Gasteiger partial charge is 0.495 e. The van der Waals surface area contributed by atoms with Gasteiger partial charge in [-0.05, 0) is 19.9 Å². The average Bonchev–Trinajstić information content (AvgIpc) is 2.26. The van der Waals surface area contributed by atoms with Gasteiger partial charge in [0.25, 0.3) is 10.1 Å². The Morgan fingerprint density at radius 3 is 2.61 bits per heavy atom. The Bertz CT molecular complexity index is 390. The average molecular weight is 278 g/mol. The van der Waals surface area contributed by atoms with E-state index in [1.165, 1.54) is 0 Å². The highest BCUT2D eigenvalue weighted by Gasteiger charge is 2.07. The maximum atomic E-state index is 10.5. The highest BCUT2D eigenvalue weighted by Crippen LogP contribution is 2.02. The molecular weight excluding hydrogens is 256 g/mol. The summed E-state index contributed by atoms with van der Waals surface area (Å²) in [5, 5.41) is 6.12. The van der Waals surface area contributed by atoms with E-state index in [2.05, 4.69) is 17.2 Å². The first kappa shape index (κ1) is 16.9. The van der Waals surface area contributed by atoms with Crippen LogP contribution in [0, 0.1) is 0 Å². The minimum absolute atomic E-state index is 0.0598. The Balaban J connectivity index is 4.00. The molecule has 0 aliphatic carbocycles. The van der Waals surface area contributed by atoms with Gasteiger partial charge in [0.2, 0.25) is 0 Å². The smallest absolute Gasteiger partial charge is 0.266 e. The van der Waals surface area contributed by atoms with E-state index in [1.54, 1.807) is 13.2 Å². The van der Waals surface area contributed by atoms with E-state index in [1.807, 2.05) is 13.8 Å². The second kappa shape index (κ2) is 8.12. The first-order valence-corrected chi connectivity index (χ1v) is 7.20. The van der Waals surface area contributed by atoms with Crippen molar-refractivity contribution in [2.75, 3.05) is 26.0 Å². The van der Waals surface area contributed by atoms with Gasteiger partial charge in [-0.25, -0.2) is 0 Å². The van der Waals surface area contributed by atoms with Gasteiger partial charge in [-0.2, -0.15) is 8.42 Å². The Morgan fingerprint density at radius 2 is 2.17 bits per heavy atom. The molecule has 6 nitrogen and oxygen atoms in total. The molecule has 1 atom stereocenters. The SMILES string of the molecule is C=C/C(OC)=C(\C)NCC(C)NCCS(=O)(=O)O. The van der Waals surface area contributed by atoms with Gasteiger partial charge in [-0.3, -0.25) is 4.55 Å². The molecule has 18 heavy (non-hydrogen) atoms. The summed E-state index contributed by atoms with van der Waals surface area (Å²) in [5.74, 6) is 0.377. The van der Waals surface area contributed by atoms with E-state index >= 15 is 0 Å². The molecule has 0 amide bonds. The zero-order valence-electron chi connectivity index (χ0n) is 11.1. The van der Waals surface area contributed by atoms with Crippen LogP contribution in [0.1, 0.15) is 13.8 Å². The van der Waals surface area contributed by atoms with Gasteiger partial charge in [0, 0.05) is 19.1 Å². The summed E-state index contributed by atoms with van der Waals surface area (Å²) in [7, 11) is -2.33. The van der Waals surface area contributed by atoms with Crippen LogP contribution in [0.4, 0.5) is 0 Å². The zero-order valence-corrected chi connectivity index (χ0v) is 11.9. The normalized spacial score (nSPS) is 14.7. The summed E-state index contributed by atoms with van der Waals surface area (Å²) in [6.45, 7) is 8.22. The molecule has 0 rings (SSSR count). The number of hydrogen-bond donors (Lipinski definition) is 3. The van der Waals surface area contributed by atoms with E-state index in [0.29, 0.717) is 12.3 Å². The zero-order chi connectivity index (χ0) is 14.2. The minimum Gasteiger partial charge on any atom is -0.495 e. The number of ether oxygens (including phenoxy) is 1. The lowest BCUT2D eigenvalue weighted by molar-refractivity contribution is 0.299. The van der Waals surface area contributed by atoms with Crippen LogP contribution in [-0.4, -0.2) is 45.0 Å². The summed E-state index contributed by atoms with van der Waals surface area (Å²) < 4.78 is 34.7. The van der Waals surface area contributed by atoms with Gasteiger partial charge in [-0.15, -0.1) is 0 Å². The Morgan fingerprint density at radius 1 is 1.56 bits per heavy atom. The lowest BCUT2D eigenvalue weighted by Gasteiger charge is -2.16.